The summed E-state index contributed by atoms with van der Waals surface area (Å²) in [4.78, 5) is 14.2. The fourth-order valence-electron chi connectivity index (χ4n) is 4.44. The van der Waals surface area contributed by atoms with Crippen molar-refractivity contribution < 1.29 is 22.3 Å². The van der Waals surface area contributed by atoms with Crippen molar-refractivity contribution in [3.63, 3.8) is 0 Å². The van der Waals surface area contributed by atoms with Crippen molar-refractivity contribution in [2.24, 2.45) is 0 Å². The molecular formula is C21H20Br2ClF3N4O3S. The van der Waals surface area contributed by atoms with Crippen LogP contribution in [0.1, 0.15) is 5.56 Å². The topological polar surface area (TPSA) is 69.9 Å². The smallest absolute Gasteiger partial charge is 0.369 e. The van der Waals surface area contributed by atoms with Gasteiger partial charge in [-0.2, -0.15) is 13.2 Å². The molecule has 2 aliphatic rings. The molecule has 2 aromatic rings. The minimum Gasteiger partial charge on any atom is -0.369 e. The Morgan fingerprint density at radius 1 is 1.11 bits per heavy atom. The van der Waals surface area contributed by atoms with E-state index >= 15 is 0 Å². The highest BCUT2D eigenvalue weighted by atomic mass is 79.9. The number of alkyl halides is 5. The van der Waals surface area contributed by atoms with Crippen LogP contribution in [0.5, 0.6) is 0 Å². The minimum absolute atomic E-state index is 0.0487. The van der Waals surface area contributed by atoms with Crippen LogP contribution in [0.25, 0.3) is 0 Å². The Morgan fingerprint density at radius 3 is 2.34 bits per heavy atom. The zero-order valence-electron chi connectivity index (χ0n) is 18.1. The highest BCUT2D eigenvalue weighted by Crippen LogP contribution is 2.47. The molecule has 0 amide bonds. The molecule has 4 rings (SSSR count). The van der Waals surface area contributed by atoms with Gasteiger partial charge in [0.15, 0.2) is 0 Å². The summed E-state index contributed by atoms with van der Waals surface area (Å²) in [5, 5.41) is 12.5. The van der Waals surface area contributed by atoms with E-state index in [2.05, 4.69) is 36.8 Å². The van der Waals surface area contributed by atoms with E-state index in [-0.39, 0.29) is 40.5 Å². The molecule has 0 saturated carbocycles. The second-order valence-electron chi connectivity index (χ2n) is 7.88. The van der Waals surface area contributed by atoms with Crippen LogP contribution in [0, 0.1) is 10.1 Å². The maximum Gasteiger partial charge on any atom is 0.418 e. The van der Waals surface area contributed by atoms with Crippen molar-refractivity contribution in [3.8, 4) is 0 Å². The summed E-state index contributed by atoms with van der Waals surface area (Å²) < 4.78 is 58.7. The average molecular weight is 661 g/mol. The molecule has 2 aliphatic heterocycles. The van der Waals surface area contributed by atoms with Crippen LogP contribution in [0.3, 0.4) is 0 Å². The summed E-state index contributed by atoms with van der Waals surface area (Å²) >= 11 is 12.7. The fraction of sp³-hybridized carbons (Fsp3) is 0.381. The highest BCUT2D eigenvalue weighted by Gasteiger charge is 2.46. The van der Waals surface area contributed by atoms with Crippen molar-refractivity contribution in [2.45, 2.75) is 11.1 Å². The van der Waals surface area contributed by atoms with E-state index in [0.29, 0.717) is 29.5 Å². The molecule has 1 atom stereocenters. The molecule has 0 aromatic heterocycles. The number of nitro groups is 1. The van der Waals surface area contributed by atoms with E-state index in [0.717, 1.165) is 11.8 Å². The molecule has 1 unspecified atom stereocenters. The first-order valence-corrected chi connectivity index (χ1v) is 14.6. The minimum atomic E-state index is -4.87. The SMILES string of the molecule is O=[N+]([O-])c1cc(C(F)(F)F)c2c(c1)S(=O)(N1CCN(c3cccc(Cl)c3)CC1)=C(CBr)N2CCBr. The summed E-state index contributed by atoms with van der Waals surface area (Å²) in [6.45, 7) is 1.61. The number of piperazine rings is 1. The summed E-state index contributed by atoms with van der Waals surface area (Å²) in [5.74, 6) is 0. The third-order valence-corrected chi connectivity index (χ3v) is 10.5. The van der Waals surface area contributed by atoms with Gasteiger partial charge in [0.2, 0.25) is 0 Å². The molecule has 0 aliphatic carbocycles. The quantitative estimate of drug-likeness (QED) is 0.180. The molecule has 0 spiro atoms. The maximum atomic E-state index is 14.7. The van der Waals surface area contributed by atoms with Crippen molar-refractivity contribution in [1.29, 1.82) is 0 Å². The lowest BCUT2D eigenvalue weighted by molar-refractivity contribution is -0.385. The van der Waals surface area contributed by atoms with Crippen LogP contribution in [-0.2, 0) is 15.9 Å². The Balaban J connectivity index is 1.84. The van der Waals surface area contributed by atoms with E-state index in [1.807, 2.05) is 18.2 Å². The average Bonchev–Trinajstić information content (AvgIpc) is 3.06. The number of nitrogens with zero attached hydrogens (tertiary/aromatic N) is 4. The van der Waals surface area contributed by atoms with E-state index in [1.165, 1.54) is 4.90 Å². The molecule has 14 heteroatoms. The van der Waals surface area contributed by atoms with E-state index in [1.54, 1.807) is 10.4 Å². The molecule has 1 saturated heterocycles. The first kappa shape index (κ1) is 26.5. The molecule has 1 fully saturated rings. The Labute approximate surface area is 222 Å². The van der Waals surface area contributed by atoms with Gasteiger partial charge in [-0.05, 0) is 18.2 Å². The van der Waals surface area contributed by atoms with Crippen molar-refractivity contribution in [3.05, 3.63) is 57.1 Å². The zero-order chi connectivity index (χ0) is 25.5. The van der Waals surface area contributed by atoms with Gasteiger partial charge in [-0.15, -0.1) is 0 Å². The molecule has 0 bridgehead atoms. The van der Waals surface area contributed by atoms with Crippen molar-refractivity contribution in [1.82, 2.24) is 4.31 Å². The van der Waals surface area contributed by atoms with Gasteiger partial charge < -0.3 is 9.80 Å². The number of rotatable bonds is 6. The Bertz CT molecular complexity index is 1280. The lowest BCUT2D eigenvalue weighted by atomic mass is 10.1. The first-order valence-electron chi connectivity index (χ1n) is 10.5. The van der Waals surface area contributed by atoms with Gasteiger partial charge in [0.25, 0.3) is 5.69 Å². The summed E-state index contributed by atoms with van der Waals surface area (Å²) in [6.07, 6.45) is -4.87. The van der Waals surface area contributed by atoms with Crippen molar-refractivity contribution >= 4 is 75.2 Å². The number of halogens is 6. The maximum absolute atomic E-state index is 14.7. The number of benzene rings is 2. The van der Waals surface area contributed by atoms with Gasteiger partial charge in [-0.3, -0.25) is 10.1 Å². The van der Waals surface area contributed by atoms with Gasteiger partial charge in [-0.1, -0.05) is 49.5 Å². The number of nitro benzene ring substituents is 1. The molecule has 190 valence electrons. The number of hydrogen-bond donors (Lipinski definition) is 0. The summed E-state index contributed by atoms with van der Waals surface area (Å²) in [7, 11) is -3.38. The van der Waals surface area contributed by atoms with Crippen LogP contribution in [0.15, 0.2) is 41.3 Å². The monoisotopic (exact) mass is 658 g/mol. The molecule has 0 radical (unpaired) electrons. The van der Waals surface area contributed by atoms with Gasteiger partial charge in [0, 0.05) is 60.9 Å². The molecule has 2 aromatic carbocycles. The predicted octanol–water partition coefficient (Wildman–Crippen LogP) is 5.39. The third-order valence-electron chi connectivity index (χ3n) is 5.96. The van der Waals surface area contributed by atoms with Gasteiger partial charge >= 0.3 is 6.18 Å². The second-order valence-corrected chi connectivity index (χ2v) is 12.2. The van der Waals surface area contributed by atoms with Gasteiger partial charge in [0.1, 0.15) is 4.99 Å². The Hall–Kier alpha value is -1.54. The van der Waals surface area contributed by atoms with E-state index in [9.17, 15) is 27.5 Å². The van der Waals surface area contributed by atoms with Crippen LogP contribution in [0.4, 0.5) is 30.2 Å². The molecule has 2 heterocycles. The third kappa shape index (κ3) is 4.77. The Kier molecular flexibility index (Phi) is 7.64. The van der Waals surface area contributed by atoms with Gasteiger partial charge in [0.05, 0.1) is 36.1 Å². The first-order chi connectivity index (χ1) is 16.5. The van der Waals surface area contributed by atoms with Crippen LogP contribution in [0.2, 0.25) is 5.02 Å². The normalized spacial score (nSPS) is 20.9. The van der Waals surface area contributed by atoms with E-state index in [4.69, 9.17) is 11.6 Å². The fourth-order valence-corrected chi connectivity index (χ4v) is 9.11. The number of fused-ring (bicyclic) bond motifs is 1. The predicted molar refractivity (Wildman–Crippen MR) is 140 cm³/mol. The molecule has 35 heavy (non-hydrogen) atoms. The lowest BCUT2D eigenvalue weighted by Crippen LogP contribution is -2.50. The number of anilines is 2. The molecule has 0 N–H and O–H groups in total. The van der Waals surface area contributed by atoms with E-state index < -0.39 is 32.1 Å². The highest BCUT2D eigenvalue weighted by molar-refractivity contribution is 9.09. The zero-order valence-corrected chi connectivity index (χ0v) is 22.8. The number of non-ortho nitro benzene ring substituents is 1. The largest absolute Gasteiger partial charge is 0.418 e. The standard InChI is InChI=1S/C21H20Br2ClF3N4O3S/c22-4-5-30-19(13-23)35(34,18-12-16(31(32)33)11-17(20(18)30)21(25,26)27)29-8-6-28(7-9-29)15-3-1-2-14(24)10-15/h1-3,10-12H,4-9,13H2. The van der Waals surface area contributed by atoms with Gasteiger partial charge in [-0.25, -0.2) is 8.51 Å². The summed E-state index contributed by atoms with van der Waals surface area (Å²) in [5.41, 5.74) is -1.29. The lowest BCUT2D eigenvalue weighted by Gasteiger charge is -2.37. The molecular weight excluding hydrogens is 641 g/mol. The molecule has 7 nitrogen and oxygen atoms in total. The number of hydrogen-bond acceptors (Lipinski definition) is 5. The Morgan fingerprint density at radius 2 is 1.80 bits per heavy atom. The van der Waals surface area contributed by atoms with Crippen LogP contribution in [-0.4, -0.2) is 61.8 Å². The van der Waals surface area contributed by atoms with Crippen LogP contribution < -0.4 is 9.80 Å². The van der Waals surface area contributed by atoms with Crippen molar-refractivity contribution in [2.75, 3.05) is 53.2 Å². The summed E-state index contributed by atoms with van der Waals surface area (Å²) in [6, 6.07) is 8.85. The second kappa shape index (κ2) is 10.1. The van der Waals surface area contributed by atoms with Crippen LogP contribution >= 0.6 is 43.5 Å².